The molecule has 0 atom stereocenters. The molecule has 1 rings (SSSR count). The van der Waals surface area contributed by atoms with Crippen molar-refractivity contribution in [1.82, 2.24) is 0 Å². The third kappa shape index (κ3) is 2.94. The van der Waals surface area contributed by atoms with Gasteiger partial charge in [-0.1, -0.05) is 17.7 Å². The van der Waals surface area contributed by atoms with Crippen molar-refractivity contribution in [1.29, 1.82) is 0 Å². The third-order valence-electron chi connectivity index (χ3n) is 1.80. The molecule has 1 nitrogen and oxygen atoms in total. The quantitative estimate of drug-likeness (QED) is 0.622. The minimum Gasteiger partial charge on any atom is -0.462 e. The molecule has 0 bridgehead atoms. The number of hydrogen-bond donors (Lipinski definition) is 0. The summed E-state index contributed by atoms with van der Waals surface area (Å²) < 4.78 is 5.48. The van der Waals surface area contributed by atoms with Gasteiger partial charge in [-0.05, 0) is 45.4 Å². The largest absolute Gasteiger partial charge is 0.462 e. The molecule has 0 unspecified atom stereocenters. The van der Waals surface area contributed by atoms with Crippen molar-refractivity contribution < 1.29 is 4.42 Å². The van der Waals surface area contributed by atoms with Crippen LogP contribution in [0.25, 0.3) is 5.57 Å². The lowest BCUT2D eigenvalue weighted by molar-refractivity contribution is 0.521. The summed E-state index contributed by atoms with van der Waals surface area (Å²) in [5, 5.41) is 0. The van der Waals surface area contributed by atoms with Crippen LogP contribution in [0, 0.1) is 6.92 Å². The number of furan rings is 1. The van der Waals surface area contributed by atoms with Gasteiger partial charge in [0.05, 0.1) is 0 Å². The normalized spacial score (nSPS) is 11.5. The van der Waals surface area contributed by atoms with Crippen molar-refractivity contribution in [3.8, 4) is 0 Å². The summed E-state index contributed by atoms with van der Waals surface area (Å²) in [7, 11) is 0. The fourth-order valence-corrected chi connectivity index (χ4v) is 1.02. The summed E-state index contributed by atoms with van der Waals surface area (Å²) in [6.45, 7) is 8.17. The Morgan fingerprint density at radius 2 is 1.85 bits per heavy atom. The Kier molecular flexibility index (Phi) is 3.13. The minimum absolute atomic E-state index is 0.954. The predicted octanol–water partition coefficient (Wildman–Crippen LogP) is 3.96. The Labute approximate surface area is 79.8 Å². The van der Waals surface area contributed by atoms with Crippen molar-refractivity contribution in [2.24, 2.45) is 0 Å². The summed E-state index contributed by atoms with van der Waals surface area (Å²) in [6, 6.07) is 3.98. The number of rotatable bonds is 2. The van der Waals surface area contributed by atoms with E-state index in [4.69, 9.17) is 4.42 Å². The maximum atomic E-state index is 5.48. The molecule has 0 aliphatic carbocycles. The molecule has 0 spiro atoms. The van der Waals surface area contributed by atoms with E-state index in [9.17, 15) is 0 Å². The molecular formula is C12H16O. The zero-order valence-electron chi connectivity index (χ0n) is 8.72. The van der Waals surface area contributed by atoms with Gasteiger partial charge in [-0.2, -0.15) is 0 Å². The average molecular weight is 176 g/mol. The topological polar surface area (TPSA) is 13.1 Å². The SMILES string of the molecule is CC(C)=C/C=C(\C)c1ccc(C)o1. The Balaban J connectivity index is 2.85. The van der Waals surface area contributed by atoms with Crippen molar-refractivity contribution in [3.05, 3.63) is 41.4 Å². The van der Waals surface area contributed by atoms with Crippen LogP contribution in [0.3, 0.4) is 0 Å². The molecule has 1 aromatic heterocycles. The van der Waals surface area contributed by atoms with Gasteiger partial charge in [-0.15, -0.1) is 0 Å². The maximum absolute atomic E-state index is 5.48. The van der Waals surface area contributed by atoms with Crippen LogP contribution in [0.15, 0.2) is 34.3 Å². The highest BCUT2D eigenvalue weighted by atomic mass is 16.3. The van der Waals surface area contributed by atoms with Crippen molar-refractivity contribution in [2.45, 2.75) is 27.7 Å². The molecule has 0 radical (unpaired) electrons. The first-order valence-corrected chi connectivity index (χ1v) is 4.48. The molecule has 0 saturated heterocycles. The Morgan fingerprint density at radius 3 is 2.31 bits per heavy atom. The molecule has 0 aliphatic heterocycles. The van der Waals surface area contributed by atoms with E-state index < -0.39 is 0 Å². The fraction of sp³-hybridized carbons (Fsp3) is 0.333. The van der Waals surface area contributed by atoms with E-state index in [2.05, 4.69) is 32.9 Å². The predicted molar refractivity (Wildman–Crippen MR) is 56.5 cm³/mol. The van der Waals surface area contributed by atoms with Crippen molar-refractivity contribution in [2.75, 3.05) is 0 Å². The fourth-order valence-electron chi connectivity index (χ4n) is 1.02. The maximum Gasteiger partial charge on any atom is 0.129 e. The van der Waals surface area contributed by atoms with Crippen LogP contribution in [0.5, 0.6) is 0 Å². The molecule has 0 amide bonds. The lowest BCUT2D eigenvalue weighted by Crippen LogP contribution is -1.72. The van der Waals surface area contributed by atoms with Gasteiger partial charge in [0.15, 0.2) is 0 Å². The lowest BCUT2D eigenvalue weighted by atomic mass is 10.2. The lowest BCUT2D eigenvalue weighted by Gasteiger charge is -1.93. The minimum atomic E-state index is 0.954. The first-order valence-electron chi connectivity index (χ1n) is 4.48. The van der Waals surface area contributed by atoms with Crippen LogP contribution in [0.2, 0.25) is 0 Å². The molecule has 1 aromatic rings. The summed E-state index contributed by atoms with van der Waals surface area (Å²) in [5.74, 6) is 1.91. The van der Waals surface area contributed by atoms with Crippen LogP contribution in [-0.2, 0) is 0 Å². The van der Waals surface area contributed by atoms with Crippen molar-refractivity contribution >= 4 is 5.57 Å². The summed E-state index contributed by atoms with van der Waals surface area (Å²) in [4.78, 5) is 0. The first-order chi connectivity index (χ1) is 6.09. The van der Waals surface area contributed by atoms with E-state index in [1.54, 1.807) is 0 Å². The zero-order chi connectivity index (χ0) is 9.84. The number of aryl methyl sites for hydroxylation is 1. The molecule has 0 aliphatic rings. The second-order valence-corrected chi connectivity index (χ2v) is 3.50. The van der Waals surface area contributed by atoms with E-state index in [0.29, 0.717) is 0 Å². The molecule has 1 heterocycles. The smallest absolute Gasteiger partial charge is 0.129 e. The van der Waals surface area contributed by atoms with Crippen LogP contribution < -0.4 is 0 Å². The summed E-state index contributed by atoms with van der Waals surface area (Å²) in [6.07, 6.45) is 4.17. The molecule has 0 fully saturated rings. The second kappa shape index (κ2) is 4.13. The average Bonchev–Trinajstić information content (AvgIpc) is 2.47. The standard InChI is InChI=1S/C12H16O/c1-9(2)5-6-10(3)12-8-7-11(4)13-12/h5-8H,1-4H3/b10-6+. The molecular weight excluding hydrogens is 160 g/mol. The van der Waals surface area contributed by atoms with Gasteiger partial charge in [-0.3, -0.25) is 0 Å². The Bertz CT molecular complexity index is 336. The van der Waals surface area contributed by atoms with Crippen LogP contribution in [0.4, 0.5) is 0 Å². The highest BCUT2D eigenvalue weighted by Gasteiger charge is 1.98. The van der Waals surface area contributed by atoms with Gasteiger partial charge in [-0.25, -0.2) is 0 Å². The molecule has 13 heavy (non-hydrogen) atoms. The van der Waals surface area contributed by atoms with Gasteiger partial charge < -0.3 is 4.42 Å². The molecule has 0 saturated carbocycles. The van der Waals surface area contributed by atoms with Gasteiger partial charge >= 0.3 is 0 Å². The molecule has 0 aromatic carbocycles. The molecule has 0 N–H and O–H groups in total. The molecule has 1 heteroatoms. The third-order valence-corrected chi connectivity index (χ3v) is 1.80. The van der Waals surface area contributed by atoms with Crippen molar-refractivity contribution in [3.63, 3.8) is 0 Å². The zero-order valence-corrected chi connectivity index (χ0v) is 8.72. The van der Waals surface area contributed by atoms with Gasteiger partial charge in [0.2, 0.25) is 0 Å². The highest BCUT2D eigenvalue weighted by molar-refractivity contribution is 5.61. The van der Waals surface area contributed by atoms with E-state index >= 15 is 0 Å². The summed E-state index contributed by atoms with van der Waals surface area (Å²) >= 11 is 0. The van der Waals surface area contributed by atoms with Crippen LogP contribution in [-0.4, -0.2) is 0 Å². The Hall–Kier alpha value is -1.24. The van der Waals surface area contributed by atoms with E-state index in [-0.39, 0.29) is 0 Å². The van der Waals surface area contributed by atoms with Crippen LogP contribution >= 0.6 is 0 Å². The Morgan fingerprint density at radius 1 is 1.15 bits per heavy atom. The second-order valence-electron chi connectivity index (χ2n) is 3.50. The number of hydrogen-bond acceptors (Lipinski definition) is 1. The van der Waals surface area contributed by atoms with Gasteiger partial charge in [0.1, 0.15) is 11.5 Å². The first kappa shape index (κ1) is 9.85. The van der Waals surface area contributed by atoms with E-state index in [1.807, 2.05) is 19.1 Å². The highest BCUT2D eigenvalue weighted by Crippen LogP contribution is 2.16. The van der Waals surface area contributed by atoms with E-state index in [1.165, 1.54) is 5.57 Å². The van der Waals surface area contributed by atoms with E-state index in [0.717, 1.165) is 17.1 Å². The monoisotopic (exact) mass is 176 g/mol. The van der Waals surface area contributed by atoms with Crippen LogP contribution in [0.1, 0.15) is 32.3 Å². The number of allylic oxidation sites excluding steroid dienone is 4. The van der Waals surface area contributed by atoms with Gasteiger partial charge in [0, 0.05) is 0 Å². The summed E-state index contributed by atoms with van der Waals surface area (Å²) in [5.41, 5.74) is 2.46. The molecule has 70 valence electrons. The van der Waals surface area contributed by atoms with Gasteiger partial charge in [0.25, 0.3) is 0 Å².